The Hall–Kier alpha value is -1.94. The molecule has 1 aromatic rings. The second-order valence-corrected chi connectivity index (χ2v) is 4.57. The van der Waals surface area contributed by atoms with Gasteiger partial charge in [0, 0.05) is 18.4 Å². The minimum atomic E-state index is -1.08. The van der Waals surface area contributed by atoms with Crippen molar-refractivity contribution in [1.29, 1.82) is 0 Å². The molecule has 2 atom stereocenters. The highest BCUT2D eigenvalue weighted by molar-refractivity contribution is 5.24. The largest absolute Gasteiger partial charge is 0.300 e. The molecule has 0 saturated carbocycles. The predicted molar refractivity (Wildman–Crippen MR) is 70.7 cm³/mol. The number of nitro groups is 1. The Labute approximate surface area is 106 Å². The van der Waals surface area contributed by atoms with Crippen molar-refractivity contribution in [2.75, 3.05) is 0 Å². The highest BCUT2D eigenvalue weighted by atomic mass is 16.6. The van der Waals surface area contributed by atoms with E-state index >= 15 is 0 Å². The first-order valence-electron chi connectivity index (χ1n) is 5.91. The van der Waals surface area contributed by atoms with Crippen molar-refractivity contribution in [1.82, 2.24) is 5.32 Å². The molecular weight excluding hydrogens is 228 g/mol. The summed E-state index contributed by atoms with van der Waals surface area (Å²) in [5.41, 5.74) is 0.0370. The minimum absolute atomic E-state index is 0.240. The molecule has 4 heteroatoms. The summed E-state index contributed by atoms with van der Waals surface area (Å²) in [7, 11) is 0. The summed E-state index contributed by atoms with van der Waals surface area (Å²) < 4.78 is 0. The summed E-state index contributed by atoms with van der Waals surface area (Å²) in [4.78, 5) is 10.9. The standard InChI is InChI=1S/C14H16N2O2/c1-14(16(17)18)10-6-5-9-13(14)15-11-12-7-3-2-4-8-12/h2-10,13,15H,11H2,1H3. The first-order chi connectivity index (χ1) is 8.63. The molecule has 0 aliphatic heterocycles. The summed E-state index contributed by atoms with van der Waals surface area (Å²) >= 11 is 0. The van der Waals surface area contributed by atoms with Gasteiger partial charge in [0.25, 0.3) is 5.54 Å². The van der Waals surface area contributed by atoms with Crippen LogP contribution in [0.25, 0.3) is 0 Å². The number of hydrogen-bond acceptors (Lipinski definition) is 3. The maximum atomic E-state index is 11.2. The van der Waals surface area contributed by atoms with Crippen LogP contribution in [-0.4, -0.2) is 16.5 Å². The maximum Gasteiger partial charge on any atom is 0.256 e. The van der Waals surface area contributed by atoms with Gasteiger partial charge in [-0.05, 0) is 11.6 Å². The lowest BCUT2D eigenvalue weighted by Crippen LogP contribution is -2.52. The minimum Gasteiger partial charge on any atom is -0.300 e. The summed E-state index contributed by atoms with van der Waals surface area (Å²) in [6.07, 6.45) is 7.04. The predicted octanol–water partition coefficient (Wildman–Crippen LogP) is 2.31. The van der Waals surface area contributed by atoms with E-state index in [0.29, 0.717) is 6.54 Å². The van der Waals surface area contributed by atoms with Gasteiger partial charge < -0.3 is 5.32 Å². The molecule has 4 nitrogen and oxygen atoms in total. The van der Waals surface area contributed by atoms with Gasteiger partial charge in [-0.15, -0.1) is 0 Å². The van der Waals surface area contributed by atoms with E-state index in [2.05, 4.69) is 5.32 Å². The topological polar surface area (TPSA) is 55.2 Å². The molecule has 2 rings (SSSR count). The van der Waals surface area contributed by atoms with Gasteiger partial charge in [0.15, 0.2) is 0 Å². The third kappa shape index (κ3) is 2.49. The molecule has 0 aromatic heterocycles. The molecule has 0 heterocycles. The van der Waals surface area contributed by atoms with Crippen molar-refractivity contribution >= 4 is 0 Å². The van der Waals surface area contributed by atoms with Gasteiger partial charge in [0.2, 0.25) is 0 Å². The molecule has 1 aromatic carbocycles. The quantitative estimate of drug-likeness (QED) is 0.653. The molecule has 1 N–H and O–H groups in total. The van der Waals surface area contributed by atoms with Crippen molar-refractivity contribution in [3.05, 3.63) is 70.3 Å². The third-order valence-electron chi connectivity index (χ3n) is 3.24. The monoisotopic (exact) mass is 244 g/mol. The number of nitrogens with zero attached hydrogens (tertiary/aromatic N) is 1. The van der Waals surface area contributed by atoms with Crippen molar-refractivity contribution in [3.8, 4) is 0 Å². The fourth-order valence-electron chi connectivity index (χ4n) is 2.00. The second-order valence-electron chi connectivity index (χ2n) is 4.57. The van der Waals surface area contributed by atoms with E-state index in [0.717, 1.165) is 5.56 Å². The van der Waals surface area contributed by atoms with Crippen LogP contribution >= 0.6 is 0 Å². The van der Waals surface area contributed by atoms with E-state index in [1.165, 1.54) is 0 Å². The SMILES string of the molecule is CC1([N+](=O)[O-])C=CC=CC1NCc1ccccc1. The summed E-state index contributed by atoms with van der Waals surface area (Å²) in [5, 5.41) is 14.4. The van der Waals surface area contributed by atoms with Crippen LogP contribution < -0.4 is 5.32 Å². The van der Waals surface area contributed by atoms with E-state index in [4.69, 9.17) is 0 Å². The number of nitrogens with one attached hydrogen (secondary N) is 1. The maximum absolute atomic E-state index is 11.2. The van der Waals surface area contributed by atoms with Crippen LogP contribution in [0.2, 0.25) is 0 Å². The smallest absolute Gasteiger partial charge is 0.256 e. The molecule has 1 aliphatic rings. The Morgan fingerprint density at radius 2 is 2.06 bits per heavy atom. The molecule has 18 heavy (non-hydrogen) atoms. The van der Waals surface area contributed by atoms with Gasteiger partial charge in [-0.1, -0.05) is 48.6 Å². The lowest BCUT2D eigenvalue weighted by Gasteiger charge is -2.28. The second kappa shape index (κ2) is 5.14. The molecule has 94 valence electrons. The van der Waals surface area contributed by atoms with E-state index in [9.17, 15) is 10.1 Å². The Morgan fingerprint density at radius 1 is 1.33 bits per heavy atom. The van der Waals surface area contributed by atoms with Crippen LogP contribution in [0.1, 0.15) is 12.5 Å². The zero-order chi connectivity index (χ0) is 13.0. The molecule has 1 aliphatic carbocycles. The summed E-state index contributed by atoms with van der Waals surface area (Å²) in [5.74, 6) is 0. The van der Waals surface area contributed by atoms with Crippen molar-refractivity contribution < 1.29 is 4.92 Å². The van der Waals surface area contributed by atoms with Gasteiger partial charge in [-0.25, -0.2) is 0 Å². The first kappa shape index (κ1) is 12.5. The summed E-state index contributed by atoms with van der Waals surface area (Å²) in [6, 6.07) is 9.57. The van der Waals surface area contributed by atoms with Gasteiger partial charge in [0.05, 0.1) is 0 Å². The molecular formula is C14H16N2O2. The zero-order valence-corrected chi connectivity index (χ0v) is 10.2. The summed E-state index contributed by atoms with van der Waals surface area (Å²) in [6.45, 7) is 2.25. The Bertz CT molecular complexity index is 482. The van der Waals surface area contributed by atoms with E-state index in [1.54, 1.807) is 19.1 Å². The van der Waals surface area contributed by atoms with Crippen LogP contribution in [0.15, 0.2) is 54.6 Å². The normalized spacial score (nSPS) is 26.2. The van der Waals surface area contributed by atoms with Gasteiger partial charge >= 0.3 is 0 Å². The number of rotatable bonds is 4. The molecule has 0 amide bonds. The third-order valence-corrected chi connectivity index (χ3v) is 3.24. The molecule has 0 saturated heterocycles. The van der Waals surface area contributed by atoms with Crippen LogP contribution in [-0.2, 0) is 6.54 Å². The van der Waals surface area contributed by atoms with Gasteiger partial charge in [-0.2, -0.15) is 0 Å². The zero-order valence-electron chi connectivity index (χ0n) is 10.2. The Kier molecular flexibility index (Phi) is 3.58. The fourth-order valence-corrected chi connectivity index (χ4v) is 2.00. The lowest BCUT2D eigenvalue weighted by atomic mass is 9.89. The lowest BCUT2D eigenvalue weighted by molar-refractivity contribution is -0.553. The average Bonchev–Trinajstić information content (AvgIpc) is 2.39. The average molecular weight is 244 g/mol. The van der Waals surface area contributed by atoms with Crippen LogP contribution in [0.4, 0.5) is 0 Å². The first-order valence-corrected chi connectivity index (χ1v) is 5.91. The fraction of sp³-hybridized carbons (Fsp3) is 0.286. The molecule has 0 spiro atoms. The van der Waals surface area contributed by atoms with Gasteiger partial charge in [0.1, 0.15) is 6.04 Å². The van der Waals surface area contributed by atoms with Crippen LogP contribution in [0.3, 0.4) is 0 Å². The van der Waals surface area contributed by atoms with E-state index in [-0.39, 0.29) is 11.0 Å². The number of hydrogen-bond donors (Lipinski definition) is 1. The van der Waals surface area contributed by atoms with Crippen molar-refractivity contribution in [3.63, 3.8) is 0 Å². The van der Waals surface area contributed by atoms with Crippen LogP contribution in [0, 0.1) is 10.1 Å². The molecule has 0 fully saturated rings. The Morgan fingerprint density at radius 3 is 2.72 bits per heavy atom. The van der Waals surface area contributed by atoms with Crippen molar-refractivity contribution in [2.24, 2.45) is 0 Å². The molecule has 2 unspecified atom stereocenters. The highest BCUT2D eigenvalue weighted by Crippen LogP contribution is 2.21. The molecule has 0 bridgehead atoms. The van der Waals surface area contributed by atoms with Gasteiger partial charge in [-0.3, -0.25) is 10.1 Å². The van der Waals surface area contributed by atoms with E-state index < -0.39 is 5.54 Å². The van der Waals surface area contributed by atoms with Crippen molar-refractivity contribution in [2.45, 2.75) is 25.0 Å². The van der Waals surface area contributed by atoms with Crippen LogP contribution in [0.5, 0.6) is 0 Å². The number of allylic oxidation sites excluding steroid dienone is 2. The van der Waals surface area contributed by atoms with E-state index in [1.807, 2.05) is 42.5 Å². The molecule has 0 radical (unpaired) electrons. The highest BCUT2D eigenvalue weighted by Gasteiger charge is 2.42. The Balaban J connectivity index is 2.06. The number of benzene rings is 1.